The maximum Gasteiger partial charge on any atom is 0.246 e. The van der Waals surface area contributed by atoms with E-state index in [1.807, 2.05) is 35.2 Å². The zero-order valence-corrected chi connectivity index (χ0v) is 15.7. The van der Waals surface area contributed by atoms with Gasteiger partial charge in [-0.25, -0.2) is 0 Å². The van der Waals surface area contributed by atoms with Gasteiger partial charge in [-0.15, -0.1) is 0 Å². The average Bonchev–Trinajstić information content (AvgIpc) is 2.56. The predicted octanol–water partition coefficient (Wildman–Crippen LogP) is 1.32. The summed E-state index contributed by atoms with van der Waals surface area (Å²) < 4.78 is 0. The molecule has 0 spiro atoms. The molecule has 1 aromatic carbocycles. The van der Waals surface area contributed by atoms with Crippen molar-refractivity contribution < 1.29 is 14.7 Å². The van der Waals surface area contributed by atoms with Crippen molar-refractivity contribution >= 4 is 11.8 Å². The van der Waals surface area contributed by atoms with Crippen molar-refractivity contribution in [2.75, 3.05) is 33.3 Å². The van der Waals surface area contributed by atoms with Crippen LogP contribution in [0.3, 0.4) is 0 Å². The minimum Gasteiger partial charge on any atom is -0.396 e. The van der Waals surface area contributed by atoms with Crippen molar-refractivity contribution in [1.29, 1.82) is 0 Å². The van der Waals surface area contributed by atoms with Crippen LogP contribution in [0.25, 0.3) is 0 Å². The summed E-state index contributed by atoms with van der Waals surface area (Å²) in [5.41, 5.74) is 0.781. The lowest BCUT2D eigenvalue weighted by Gasteiger charge is -2.30. The van der Waals surface area contributed by atoms with E-state index in [0.29, 0.717) is 13.0 Å². The van der Waals surface area contributed by atoms with Crippen LogP contribution in [0.5, 0.6) is 0 Å². The number of nitrogens with zero attached hydrogens (tertiary/aromatic N) is 1. The van der Waals surface area contributed by atoms with Crippen LogP contribution in [-0.4, -0.2) is 55.1 Å². The van der Waals surface area contributed by atoms with Gasteiger partial charge >= 0.3 is 0 Å². The van der Waals surface area contributed by atoms with Crippen molar-refractivity contribution in [2.45, 2.75) is 33.2 Å². The van der Waals surface area contributed by atoms with E-state index in [-0.39, 0.29) is 30.4 Å². The Morgan fingerprint density at radius 1 is 1.20 bits per heavy atom. The van der Waals surface area contributed by atoms with Gasteiger partial charge in [0, 0.05) is 26.7 Å². The molecule has 0 bridgehead atoms. The number of benzene rings is 1. The van der Waals surface area contributed by atoms with E-state index in [4.69, 9.17) is 5.11 Å². The molecular formula is C19H31N3O3. The molecule has 0 fully saturated rings. The number of carbonyl (C=O) groups excluding carboxylic acids is 2. The fourth-order valence-electron chi connectivity index (χ4n) is 2.68. The van der Waals surface area contributed by atoms with Crippen LogP contribution >= 0.6 is 0 Å². The number of aliphatic hydroxyl groups excluding tert-OH is 1. The lowest BCUT2D eigenvalue weighted by atomic mass is 9.96. The number of aliphatic hydroxyl groups is 1. The van der Waals surface area contributed by atoms with Crippen molar-refractivity contribution in [2.24, 2.45) is 5.41 Å². The molecule has 0 saturated heterocycles. The highest BCUT2D eigenvalue weighted by molar-refractivity contribution is 5.89. The standard InChI is InChI=1S/C19H31N3O3/c1-19(2,3)14-22(11-8-12-23)13-16(24)21-17(18(25)20-4)15-9-6-5-7-10-15/h5-7,9-10,17,23H,8,11-14H2,1-4H3,(H,20,25)(H,21,24). The second kappa shape index (κ2) is 10.2. The van der Waals surface area contributed by atoms with E-state index >= 15 is 0 Å². The molecule has 6 heteroatoms. The highest BCUT2D eigenvalue weighted by atomic mass is 16.3. The molecule has 25 heavy (non-hydrogen) atoms. The van der Waals surface area contributed by atoms with Gasteiger partial charge in [-0.05, 0) is 17.4 Å². The summed E-state index contributed by atoms with van der Waals surface area (Å²) in [6.07, 6.45) is 0.612. The van der Waals surface area contributed by atoms with Gasteiger partial charge in [0.2, 0.25) is 11.8 Å². The first-order chi connectivity index (χ1) is 11.8. The van der Waals surface area contributed by atoms with E-state index in [1.165, 1.54) is 0 Å². The molecular weight excluding hydrogens is 318 g/mol. The van der Waals surface area contributed by atoms with Crippen molar-refractivity contribution in [3.05, 3.63) is 35.9 Å². The summed E-state index contributed by atoms with van der Waals surface area (Å²) in [7, 11) is 1.55. The Hall–Kier alpha value is -1.92. The van der Waals surface area contributed by atoms with Gasteiger partial charge in [0.1, 0.15) is 6.04 Å². The first kappa shape index (κ1) is 21.1. The van der Waals surface area contributed by atoms with Gasteiger partial charge < -0.3 is 15.7 Å². The number of hydrogen-bond donors (Lipinski definition) is 3. The Balaban J connectivity index is 2.78. The molecule has 0 aliphatic carbocycles. The minimum absolute atomic E-state index is 0.0371. The maximum atomic E-state index is 12.5. The van der Waals surface area contributed by atoms with Gasteiger partial charge in [0.05, 0.1) is 6.54 Å². The number of nitrogens with one attached hydrogen (secondary N) is 2. The predicted molar refractivity (Wildman–Crippen MR) is 99.0 cm³/mol. The second-order valence-electron chi connectivity index (χ2n) is 7.37. The molecule has 6 nitrogen and oxygen atoms in total. The fourth-order valence-corrected chi connectivity index (χ4v) is 2.68. The molecule has 0 aromatic heterocycles. The molecule has 0 aliphatic heterocycles. The number of hydrogen-bond acceptors (Lipinski definition) is 4. The van der Waals surface area contributed by atoms with Crippen LogP contribution in [0.4, 0.5) is 0 Å². The molecule has 0 heterocycles. The van der Waals surface area contributed by atoms with Crippen LogP contribution in [-0.2, 0) is 9.59 Å². The molecule has 1 rings (SSSR count). The van der Waals surface area contributed by atoms with E-state index in [1.54, 1.807) is 7.05 Å². The highest BCUT2D eigenvalue weighted by Crippen LogP contribution is 2.16. The Morgan fingerprint density at radius 2 is 1.84 bits per heavy atom. The normalized spacial score (nSPS) is 12.7. The third-order valence-corrected chi connectivity index (χ3v) is 3.64. The Labute approximate surface area is 150 Å². The smallest absolute Gasteiger partial charge is 0.246 e. The van der Waals surface area contributed by atoms with E-state index in [0.717, 1.165) is 12.1 Å². The van der Waals surface area contributed by atoms with Gasteiger partial charge in [0.25, 0.3) is 0 Å². The van der Waals surface area contributed by atoms with Crippen LogP contribution in [0.1, 0.15) is 38.8 Å². The first-order valence-electron chi connectivity index (χ1n) is 8.66. The number of carbonyl (C=O) groups is 2. The quantitative estimate of drug-likeness (QED) is 0.628. The van der Waals surface area contributed by atoms with Gasteiger partial charge in [0.15, 0.2) is 0 Å². The monoisotopic (exact) mass is 349 g/mol. The first-order valence-corrected chi connectivity index (χ1v) is 8.66. The van der Waals surface area contributed by atoms with E-state index in [9.17, 15) is 9.59 Å². The van der Waals surface area contributed by atoms with E-state index in [2.05, 4.69) is 31.4 Å². The number of rotatable bonds is 9. The summed E-state index contributed by atoms with van der Waals surface area (Å²) in [4.78, 5) is 26.7. The van der Waals surface area contributed by atoms with Crippen LogP contribution in [0.15, 0.2) is 30.3 Å². The van der Waals surface area contributed by atoms with Crippen LogP contribution < -0.4 is 10.6 Å². The Kier molecular flexibility index (Phi) is 8.58. The van der Waals surface area contributed by atoms with Crippen LogP contribution in [0.2, 0.25) is 0 Å². The Bertz CT molecular complexity index is 541. The van der Waals surface area contributed by atoms with Crippen LogP contribution in [0, 0.1) is 5.41 Å². The topological polar surface area (TPSA) is 81.7 Å². The SMILES string of the molecule is CNC(=O)C(NC(=O)CN(CCCO)CC(C)(C)C)c1ccccc1. The summed E-state index contributed by atoms with van der Waals surface area (Å²) in [6, 6.07) is 8.46. The summed E-state index contributed by atoms with van der Waals surface area (Å²) >= 11 is 0. The molecule has 1 atom stereocenters. The Morgan fingerprint density at radius 3 is 2.36 bits per heavy atom. The fraction of sp³-hybridized carbons (Fsp3) is 0.579. The molecule has 0 radical (unpaired) electrons. The minimum atomic E-state index is -0.715. The molecule has 1 aromatic rings. The van der Waals surface area contributed by atoms with E-state index < -0.39 is 6.04 Å². The van der Waals surface area contributed by atoms with Gasteiger partial charge in [-0.2, -0.15) is 0 Å². The lowest BCUT2D eigenvalue weighted by Crippen LogP contribution is -2.45. The maximum absolute atomic E-state index is 12.5. The molecule has 1 unspecified atom stereocenters. The second-order valence-corrected chi connectivity index (χ2v) is 7.37. The van der Waals surface area contributed by atoms with Gasteiger partial charge in [-0.1, -0.05) is 51.1 Å². The summed E-state index contributed by atoms with van der Waals surface area (Å²) in [5, 5.41) is 14.5. The van der Waals surface area contributed by atoms with Crippen molar-refractivity contribution in [1.82, 2.24) is 15.5 Å². The molecule has 140 valence electrons. The molecule has 3 N–H and O–H groups in total. The largest absolute Gasteiger partial charge is 0.396 e. The summed E-state index contributed by atoms with van der Waals surface area (Å²) in [6.45, 7) is 7.97. The molecule has 0 aliphatic rings. The summed E-state index contributed by atoms with van der Waals surface area (Å²) in [5.74, 6) is -0.461. The average molecular weight is 349 g/mol. The lowest BCUT2D eigenvalue weighted by molar-refractivity contribution is -0.129. The highest BCUT2D eigenvalue weighted by Gasteiger charge is 2.24. The molecule has 0 saturated carbocycles. The number of likely N-dealkylation sites (N-methyl/N-ethyl adjacent to an activating group) is 1. The number of amides is 2. The van der Waals surface area contributed by atoms with Gasteiger partial charge in [-0.3, -0.25) is 14.5 Å². The third-order valence-electron chi connectivity index (χ3n) is 3.64. The van der Waals surface area contributed by atoms with Crippen molar-refractivity contribution in [3.63, 3.8) is 0 Å². The zero-order chi connectivity index (χ0) is 18.9. The third kappa shape index (κ3) is 8.14. The zero-order valence-electron chi connectivity index (χ0n) is 15.7. The molecule has 2 amide bonds. The van der Waals surface area contributed by atoms with Crippen molar-refractivity contribution in [3.8, 4) is 0 Å².